The molecular weight excluding hydrogens is 238 g/mol. The molecule has 0 aromatic carbocycles. The van der Waals surface area contributed by atoms with Gasteiger partial charge in [0.1, 0.15) is 5.52 Å². The lowest BCUT2D eigenvalue weighted by Crippen LogP contribution is -2.29. The van der Waals surface area contributed by atoms with Crippen LogP contribution in [0.1, 0.15) is 31.9 Å². The Balaban J connectivity index is 2.02. The lowest BCUT2D eigenvalue weighted by molar-refractivity contribution is 0.724. The van der Waals surface area contributed by atoms with Gasteiger partial charge in [0.25, 0.3) is 0 Å². The standard InChI is InChI=1S/C14H21N5/c1-11(2)12-10-13-14(16-6-9-19(13)17-12)18-7-3-4-15-5-8-18/h6,9-11,15H,3-5,7-8H2,1-2H3. The number of hydrogen-bond donors (Lipinski definition) is 1. The summed E-state index contributed by atoms with van der Waals surface area (Å²) in [5.74, 6) is 1.50. The van der Waals surface area contributed by atoms with Gasteiger partial charge in [-0.3, -0.25) is 0 Å². The average Bonchev–Trinajstić information content (AvgIpc) is 2.67. The van der Waals surface area contributed by atoms with Crippen molar-refractivity contribution in [3.63, 3.8) is 0 Å². The number of hydrogen-bond acceptors (Lipinski definition) is 4. The van der Waals surface area contributed by atoms with E-state index in [1.807, 2.05) is 16.9 Å². The molecule has 0 saturated carbocycles. The van der Waals surface area contributed by atoms with Gasteiger partial charge in [-0.1, -0.05) is 13.8 Å². The maximum atomic E-state index is 4.63. The Morgan fingerprint density at radius 1 is 1.26 bits per heavy atom. The molecule has 0 unspecified atom stereocenters. The molecule has 1 N–H and O–H groups in total. The van der Waals surface area contributed by atoms with E-state index in [1.54, 1.807) is 0 Å². The summed E-state index contributed by atoms with van der Waals surface area (Å²) in [5.41, 5.74) is 2.25. The van der Waals surface area contributed by atoms with Crippen LogP contribution >= 0.6 is 0 Å². The zero-order chi connectivity index (χ0) is 13.2. The molecule has 0 amide bonds. The molecular formula is C14H21N5. The van der Waals surface area contributed by atoms with E-state index in [0.29, 0.717) is 5.92 Å². The van der Waals surface area contributed by atoms with Crippen LogP contribution in [0.3, 0.4) is 0 Å². The highest BCUT2D eigenvalue weighted by atomic mass is 15.3. The number of nitrogens with zero attached hydrogens (tertiary/aromatic N) is 4. The first-order chi connectivity index (χ1) is 9.25. The molecule has 2 aromatic heterocycles. The van der Waals surface area contributed by atoms with Crippen molar-refractivity contribution in [3.05, 3.63) is 24.2 Å². The van der Waals surface area contributed by atoms with Crippen LogP contribution in [0.2, 0.25) is 0 Å². The van der Waals surface area contributed by atoms with E-state index in [0.717, 1.165) is 49.6 Å². The topological polar surface area (TPSA) is 45.5 Å². The molecule has 102 valence electrons. The minimum Gasteiger partial charge on any atom is -0.354 e. The third-order valence-corrected chi connectivity index (χ3v) is 3.62. The predicted molar refractivity (Wildman–Crippen MR) is 76.8 cm³/mol. The van der Waals surface area contributed by atoms with Crippen LogP contribution in [0.15, 0.2) is 18.5 Å². The minimum atomic E-state index is 0.443. The van der Waals surface area contributed by atoms with E-state index in [9.17, 15) is 0 Å². The molecule has 1 aliphatic rings. The van der Waals surface area contributed by atoms with Crippen LogP contribution in [0.25, 0.3) is 5.52 Å². The first-order valence-electron chi connectivity index (χ1n) is 7.05. The van der Waals surface area contributed by atoms with E-state index in [-0.39, 0.29) is 0 Å². The molecule has 0 radical (unpaired) electrons. The Labute approximate surface area is 113 Å². The quantitative estimate of drug-likeness (QED) is 0.891. The highest BCUT2D eigenvalue weighted by Crippen LogP contribution is 2.23. The second kappa shape index (κ2) is 5.17. The summed E-state index contributed by atoms with van der Waals surface area (Å²) >= 11 is 0. The summed E-state index contributed by atoms with van der Waals surface area (Å²) < 4.78 is 1.95. The number of aromatic nitrogens is 3. The lowest BCUT2D eigenvalue weighted by Gasteiger charge is -2.21. The van der Waals surface area contributed by atoms with Crippen molar-refractivity contribution in [1.82, 2.24) is 19.9 Å². The Bertz CT molecular complexity index is 552. The Morgan fingerprint density at radius 2 is 2.16 bits per heavy atom. The van der Waals surface area contributed by atoms with Gasteiger partial charge in [0.15, 0.2) is 5.82 Å². The van der Waals surface area contributed by atoms with Gasteiger partial charge in [-0.15, -0.1) is 0 Å². The van der Waals surface area contributed by atoms with Gasteiger partial charge >= 0.3 is 0 Å². The van der Waals surface area contributed by atoms with Gasteiger partial charge < -0.3 is 10.2 Å². The van der Waals surface area contributed by atoms with E-state index < -0.39 is 0 Å². The van der Waals surface area contributed by atoms with Crippen LogP contribution in [-0.2, 0) is 0 Å². The average molecular weight is 259 g/mol. The van der Waals surface area contributed by atoms with Crippen molar-refractivity contribution in [3.8, 4) is 0 Å². The molecule has 0 atom stereocenters. The lowest BCUT2D eigenvalue weighted by atomic mass is 10.1. The summed E-state index contributed by atoms with van der Waals surface area (Å²) in [5, 5.41) is 8.05. The fourth-order valence-corrected chi connectivity index (χ4v) is 2.51. The van der Waals surface area contributed by atoms with Crippen LogP contribution in [0.5, 0.6) is 0 Å². The van der Waals surface area contributed by atoms with Crippen LogP contribution < -0.4 is 10.2 Å². The number of fused-ring (bicyclic) bond motifs is 1. The smallest absolute Gasteiger partial charge is 0.154 e. The predicted octanol–water partition coefficient (Wildman–Crippen LogP) is 1.65. The van der Waals surface area contributed by atoms with Gasteiger partial charge in [0.2, 0.25) is 0 Å². The van der Waals surface area contributed by atoms with E-state index in [1.165, 1.54) is 0 Å². The zero-order valence-electron chi connectivity index (χ0n) is 11.6. The van der Waals surface area contributed by atoms with Crippen molar-refractivity contribution in [2.45, 2.75) is 26.2 Å². The second-order valence-electron chi connectivity index (χ2n) is 5.40. The molecule has 19 heavy (non-hydrogen) atoms. The molecule has 2 aromatic rings. The molecule has 0 bridgehead atoms. The second-order valence-corrected chi connectivity index (χ2v) is 5.40. The maximum Gasteiger partial charge on any atom is 0.154 e. The Hall–Kier alpha value is -1.62. The molecule has 1 fully saturated rings. The van der Waals surface area contributed by atoms with Gasteiger partial charge in [-0.25, -0.2) is 9.50 Å². The molecule has 1 saturated heterocycles. The van der Waals surface area contributed by atoms with E-state index >= 15 is 0 Å². The summed E-state index contributed by atoms with van der Waals surface area (Å²) in [6.45, 7) is 8.52. The molecule has 0 aliphatic carbocycles. The third kappa shape index (κ3) is 2.42. The van der Waals surface area contributed by atoms with Gasteiger partial charge in [0, 0.05) is 32.0 Å². The number of anilines is 1. The first kappa shape index (κ1) is 12.4. The van der Waals surface area contributed by atoms with E-state index in [4.69, 9.17) is 0 Å². The highest BCUT2D eigenvalue weighted by Gasteiger charge is 2.16. The van der Waals surface area contributed by atoms with Crippen LogP contribution in [-0.4, -0.2) is 40.8 Å². The van der Waals surface area contributed by atoms with Crippen LogP contribution in [0.4, 0.5) is 5.82 Å². The monoisotopic (exact) mass is 259 g/mol. The molecule has 3 heterocycles. The van der Waals surface area contributed by atoms with Gasteiger partial charge in [0.05, 0.1) is 5.69 Å². The van der Waals surface area contributed by atoms with Crippen molar-refractivity contribution in [2.24, 2.45) is 0 Å². The molecule has 5 nitrogen and oxygen atoms in total. The fourth-order valence-electron chi connectivity index (χ4n) is 2.51. The van der Waals surface area contributed by atoms with E-state index in [2.05, 4.69) is 40.2 Å². The molecule has 3 rings (SSSR count). The van der Waals surface area contributed by atoms with Crippen molar-refractivity contribution in [1.29, 1.82) is 0 Å². The maximum absolute atomic E-state index is 4.63. The number of nitrogens with one attached hydrogen (secondary N) is 1. The fraction of sp³-hybridized carbons (Fsp3) is 0.571. The van der Waals surface area contributed by atoms with Crippen LogP contribution in [0, 0.1) is 0 Å². The third-order valence-electron chi connectivity index (χ3n) is 3.62. The minimum absolute atomic E-state index is 0.443. The largest absolute Gasteiger partial charge is 0.354 e. The molecule has 0 spiro atoms. The van der Waals surface area contributed by atoms with Crippen molar-refractivity contribution >= 4 is 11.3 Å². The normalized spacial score (nSPS) is 17.1. The summed E-state index contributed by atoms with van der Waals surface area (Å²) in [4.78, 5) is 6.94. The van der Waals surface area contributed by atoms with Crippen molar-refractivity contribution in [2.75, 3.05) is 31.1 Å². The zero-order valence-corrected chi connectivity index (χ0v) is 11.6. The van der Waals surface area contributed by atoms with Gasteiger partial charge in [-0.2, -0.15) is 5.10 Å². The summed E-state index contributed by atoms with van der Waals surface area (Å²) in [7, 11) is 0. The first-order valence-corrected chi connectivity index (χ1v) is 7.05. The molecule has 1 aliphatic heterocycles. The van der Waals surface area contributed by atoms with Crippen molar-refractivity contribution < 1.29 is 0 Å². The highest BCUT2D eigenvalue weighted by molar-refractivity contribution is 5.69. The summed E-state index contributed by atoms with van der Waals surface area (Å²) in [6, 6.07) is 2.17. The SMILES string of the molecule is CC(C)c1cc2c(N3CCCNCC3)nccn2n1. The Kier molecular flexibility index (Phi) is 3.38. The Morgan fingerprint density at radius 3 is 3.00 bits per heavy atom. The molecule has 5 heteroatoms. The van der Waals surface area contributed by atoms with Gasteiger partial charge in [-0.05, 0) is 24.9 Å². The number of rotatable bonds is 2. The summed E-state index contributed by atoms with van der Waals surface area (Å²) in [6.07, 6.45) is 4.94.